The second-order valence-corrected chi connectivity index (χ2v) is 7.90. The number of sulfonamides is 1. The van der Waals surface area contributed by atoms with Crippen molar-refractivity contribution in [2.75, 3.05) is 20.2 Å². The molecule has 2 aromatic carbocycles. The number of likely N-dealkylation sites (N-methyl/N-ethyl adjacent to an activating group) is 1. The lowest BCUT2D eigenvalue weighted by Gasteiger charge is -2.15. The molecule has 0 spiro atoms. The number of nitrogens with one attached hydrogen (secondary N) is 1. The van der Waals surface area contributed by atoms with Crippen molar-refractivity contribution in [3.8, 4) is 6.07 Å². The van der Waals surface area contributed by atoms with Crippen LogP contribution in [0.1, 0.15) is 22.3 Å². The molecule has 0 aromatic heterocycles. The molecule has 2 rings (SSSR count). The Morgan fingerprint density at radius 3 is 2.55 bits per heavy atom. The van der Waals surface area contributed by atoms with E-state index in [1.807, 2.05) is 12.1 Å². The van der Waals surface area contributed by atoms with Crippen molar-refractivity contribution >= 4 is 21.9 Å². The number of benzene rings is 2. The third-order valence-electron chi connectivity index (χ3n) is 4.00. The quantitative estimate of drug-likeness (QED) is 0.623. The van der Waals surface area contributed by atoms with Gasteiger partial charge in [0.05, 0.1) is 22.9 Å². The predicted molar refractivity (Wildman–Crippen MR) is 105 cm³/mol. The Labute approximate surface area is 169 Å². The predicted octanol–water partition coefficient (Wildman–Crippen LogP) is 1.69. The molecule has 0 saturated heterocycles. The average molecular weight is 415 g/mol. The number of ether oxygens (including phenoxy) is 1. The first kappa shape index (κ1) is 22.1. The van der Waals surface area contributed by atoms with Crippen molar-refractivity contribution in [2.24, 2.45) is 0 Å². The summed E-state index contributed by atoms with van der Waals surface area (Å²) in [4.78, 5) is 25.2. The van der Waals surface area contributed by atoms with Gasteiger partial charge in [-0.05, 0) is 23.8 Å². The van der Waals surface area contributed by atoms with Crippen LogP contribution in [0.2, 0.25) is 0 Å². The maximum atomic E-state index is 12.5. The minimum absolute atomic E-state index is 0.0139. The van der Waals surface area contributed by atoms with Gasteiger partial charge >= 0.3 is 5.97 Å². The summed E-state index contributed by atoms with van der Waals surface area (Å²) in [7, 11) is -2.33. The van der Waals surface area contributed by atoms with Crippen LogP contribution in [-0.4, -0.2) is 45.4 Å². The van der Waals surface area contributed by atoms with E-state index in [-0.39, 0.29) is 30.0 Å². The molecule has 2 aromatic rings. The van der Waals surface area contributed by atoms with Crippen LogP contribution in [0.3, 0.4) is 0 Å². The van der Waals surface area contributed by atoms with Gasteiger partial charge in [-0.15, -0.1) is 0 Å². The van der Waals surface area contributed by atoms with Crippen LogP contribution in [0.15, 0.2) is 59.5 Å². The molecular formula is C20H21N3O5S. The zero-order valence-corrected chi connectivity index (χ0v) is 16.7. The molecule has 0 atom stereocenters. The Morgan fingerprint density at radius 2 is 1.86 bits per heavy atom. The Kier molecular flexibility index (Phi) is 7.88. The minimum atomic E-state index is -3.83. The van der Waals surface area contributed by atoms with Crippen molar-refractivity contribution in [1.82, 2.24) is 9.62 Å². The molecule has 0 aliphatic rings. The van der Waals surface area contributed by atoms with E-state index in [4.69, 9.17) is 10.00 Å². The summed E-state index contributed by atoms with van der Waals surface area (Å²) in [5.41, 5.74) is 0.811. The summed E-state index contributed by atoms with van der Waals surface area (Å²) in [5.74, 6) is -1.27. The van der Waals surface area contributed by atoms with Crippen molar-refractivity contribution < 1.29 is 22.7 Å². The van der Waals surface area contributed by atoms with Crippen molar-refractivity contribution in [3.63, 3.8) is 0 Å². The molecule has 0 bridgehead atoms. The SMILES string of the molecule is CN(CCC#N)C(=O)COC(=O)c1cccc(S(=O)(=O)NCc2ccccc2)c1. The molecule has 8 nitrogen and oxygen atoms in total. The van der Waals surface area contributed by atoms with Gasteiger partial charge in [-0.3, -0.25) is 4.79 Å². The van der Waals surface area contributed by atoms with Crippen LogP contribution in [0.25, 0.3) is 0 Å². The summed E-state index contributed by atoms with van der Waals surface area (Å²) in [6, 6.07) is 16.3. The van der Waals surface area contributed by atoms with E-state index >= 15 is 0 Å². The van der Waals surface area contributed by atoms with Crippen molar-refractivity contribution in [1.29, 1.82) is 5.26 Å². The van der Waals surface area contributed by atoms with E-state index < -0.39 is 28.5 Å². The topological polar surface area (TPSA) is 117 Å². The summed E-state index contributed by atoms with van der Waals surface area (Å²) in [6.45, 7) is -0.154. The maximum Gasteiger partial charge on any atom is 0.338 e. The minimum Gasteiger partial charge on any atom is -0.452 e. The first-order valence-electron chi connectivity index (χ1n) is 8.75. The fraction of sp³-hybridized carbons (Fsp3) is 0.250. The zero-order chi connectivity index (χ0) is 21.3. The zero-order valence-electron chi connectivity index (χ0n) is 15.9. The smallest absolute Gasteiger partial charge is 0.338 e. The second-order valence-electron chi connectivity index (χ2n) is 6.14. The highest BCUT2D eigenvalue weighted by Gasteiger charge is 2.18. The van der Waals surface area contributed by atoms with E-state index in [9.17, 15) is 18.0 Å². The van der Waals surface area contributed by atoms with E-state index in [0.29, 0.717) is 0 Å². The first-order chi connectivity index (χ1) is 13.8. The number of hydrogen-bond acceptors (Lipinski definition) is 6. The van der Waals surface area contributed by atoms with Gasteiger partial charge in [0, 0.05) is 20.1 Å². The third-order valence-corrected chi connectivity index (χ3v) is 5.40. The molecule has 29 heavy (non-hydrogen) atoms. The van der Waals surface area contributed by atoms with E-state index in [1.165, 1.54) is 36.2 Å². The van der Waals surface area contributed by atoms with Crippen molar-refractivity contribution in [3.05, 3.63) is 65.7 Å². The number of carbonyl (C=O) groups is 2. The van der Waals surface area contributed by atoms with Gasteiger partial charge in [-0.25, -0.2) is 17.9 Å². The lowest BCUT2D eigenvalue weighted by Crippen LogP contribution is -2.32. The molecular weight excluding hydrogens is 394 g/mol. The Hall–Kier alpha value is -3.22. The number of nitrogens with zero attached hydrogens (tertiary/aromatic N) is 2. The molecule has 152 valence electrons. The van der Waals surface area contributed by atoms with Crippen LogP contribution < -0.4 is 4.72 Å². The molecule has 0 fully saturated rings. The number of esters is 1. The molecule has 1 N–H and O–H groups in total. The summed E-state index contributed by atoms with van der Waals surface area (Å²) >= 11 is 0. The largest absolute Gasteiger partial charge is 0.452 e. The number of hydrogen-bond donors (Lipinski definition) is 1. The number of carbonyl (C=O) groups excluding carboxylic acids is 2. The van der Waals surface area contributed by atoms with Crippen LogP contribution >= 0.6 is 0 Å². The highest BCUT2D eigenvalue weighted by atomic mass is 32.2. The Balaban J connectivity index is 1.99. The summed E-state index contributed by atoms with van der Waals surface area (Å²) < 4.78 is 32.4. The second kappa shape index (κ2) is 10.4. The van der Waals surface area contributed by atoms with E-state index in [0.717, 1.165) is 5.56 Å². The Morgan fingerprint density at radius 1 is 1.14 bits per heavy atom. The standard InChI is InChI=1S/C20H21N3O5S/c1-23(12-6-11-21)19(24)15-28-20(25)17-9-5-10-18(13-17)29(26,27)22-14-16-7-3-2-4-8-16/h2-5,7-10,13,22H,6,12,14-15H2,1H3. The number of nitriles is 1. The molecule has 1 amide bonds. The molecule has 0 unspecified atom stereocenters. The highest BCUT2D eigenvalue weighted by molar-refractivity contribution is 7.89. The average Bonchev–Trinajstić information content (AvgIpc) is 2.75. The molecule has 0 aliphatic carbocycles. The first-order valence-corrected chi connectivity index (χ1v) is 10.2. The fourth-order valence-electron chi connectivity index (χ4n) is 2.31. The van der Waals surface area contributed by atoms with Crippen LogP contribution in [-0.2, 0) is 26.1 Å². The fourth-order valence-corrected chi connectivity index (χ4v) is 3.37. The normalized spacial score (nSPS) is 10.8. The monoisotopic (exact) mass is 415 g/mol. The third kappa shape index (κ3) is 6.71. The maximum absolute atomic E-state index is 12.5. The molecule has 9 heteroatoms. The van der Waals surface area contributed by atoms with Gasteiger partial charge in [0.2, 0.25) is 10.0 Å². The number of rotatable bonds is 9. The van der Waals surface area contributed by atoms with Crippen LogP contribution in [0, 0.1) is 11.3 Å². The number of amides is 1. The molecule has 0 heterocycles. The van der Waals surface area contributed by atoms with Crippen LogP contribution in [0.5, 0.6) is 0 Å². The van der Waals surface area contributed by atoms with Gasteiger partial charge in [0.1, 0.15) is 0 Å². The molecule has 0 saturated carbocycles. The van der Waals surface area contributed by atoms with Crippen LogP contribution in [0.4, 0.5) is 0 Å². The van der Waals surface area contributed by atoms with Gasteiger partial charge in [0.25, 0.3) is 5.91 Å². The summed E-state index contributed by atoms with van der Waals surface area (Å²) in [5, 5.41) is 8.53. The highest BCUT2D eigenvalue weighted by Crippen LogP contribution is 2.13. The van der Waals surface area contributed by atoms with Gasteiger partial charge in [-0.1, -0.05) is 36.4 Å². The lowest BCUT2D eigenvalue weighted by molar-refractivity contribution is -0.133. The van der Waals surface area contributed by atoms with Crippen molar-refractivity contribution in [2.45, 2.75) is 17.9 Å². The van der Waals surface area contributed by atoms with E-state index in [1.54, 1.807) is 24.3 Å². The Bertz CT molecular complexity index is 1000. The van der Waals surface area contributed by atoms with Gasteiger partial charge < -0.3 is 9.64 Å². The van der Waals surface area contributed by atoms with Gasteiger partial charge in [0.15, 0.2) is 6.61 Å². The molecule has 0 radical (unpaired) electrons. The summed E-state index contributed by atoms with van der Waals surface area (Å²) in [6.07, 6.45) is 0.173. The lowest BCUT2D eigenvalue weighted by atomic mass is 10.2. The van der Waals surface area contributed by atoms with E-state index in [2.05, 4.69) is 4.72 Å². The molecule has 0 aliphatic heterocycles. The van der Waals surface area contributed by atoms with Gasteiger partial charge in [-0.2, -0.15) is 5.26 Å².